The van der Waals surface area contributed by atoms with Gasteiger partial charge in [0.1, 0.15) is 23.8 Å². The fourth-order valence-corrected chi connectivity index (χ4v) is 2.89. The van der Waals surface area contributed by atoms with Gasteiger partial charge in [0.2, 0.25) is 0 Å². The number of furan rings is 1. The number of hydrogen-bond acceptors (Lipinski definition) is 4. The molecular formula is C25H26N2O4. The number of rotatable bonds is 8. The number of amides is 2. The fourth-order valence-electron chi connectivity index (χ4n) is 2.89. The average Bonchev–Trinajstić information content (AvgIpc) is 3.26. The molecule has 2 N–H and O–H groups in total. The summed E-state index contributed by atoms with van der Waals surface area (Å²) in [5.74, 6) is 0.387. The predicted octanol–water partition coefficient (Wildman–Crippen LogP) is 4.25. The van der Waals surface area contributed by atoms with Gasteiger partial charge < -0.3 is 19.8 Å². The Balaban J connectivity index is 1.68. The van der Waals surface area contributed by atoms with Crippen molar-refractivity contribution >= 4 is 17.9 Å². The van der Waals surface area contributed by atoms with E-state index in [0.29, 0.717) is 11.3 Å². The monoisotopic (exact) mass is 418 g/mol. The summed E-state index contributed by atoms with van der Waals surface area (Å²) in [5, 5.41) is 5.56. The summed E-state index contributed by atoms with van der Waals surface area (Å²) in [7, 11) is 0. The molecular weight excluding hydrogens is 392 g/mol. The first-order valence-electron chi connectivity index (χ1n) is 10.0. The SMILES string of the molecule is Cc1ccc(OCC(C)NC(=O)/C(=C/c2ccco2)NC(=O)c2ccccc2C)cc1. The Bertz CT molecular complexity index is 1050. The lowest BCUT2D eigenvalue weighted by atomic mass is 10.1. The Labute approximate surface area is 181 Å². The van der Waals surface area contributed by atoms with Crippen LogP contribution in [0, 0.1) is 13.8 Å². The summed E-state index contributed by atoms with van der Waals surface area (Å²) in [6, 6.07) is 18.0. The summed E-state index contributed by atoms with van der Waals surface area (Å²) >= 11 is 0. The fraction of sp³-hybridized carbons (Fsp3) is 0.200. The summed E-state index contributed by atoms with van der Waals surface area (Å²) in [5.41, 5.74) is 2.55. The van der Waals surface area contributed by atoms with Crippen molar-refractivity contribution in [2.24, 2.45) is 0 Å². The van der Waals surface area contributed by atoms with Crippen LogP contribution >= 0.6 is 0 Å². The number of benzene rings is 2. The Morgan fingerprint density at radius 3 is 2.45 bits per heavy atom. The molecule has 1 unspecified atom stereocenters. The van der Waals surface area contributed by atoms with E-state index in [2.05, 4.69) is 10.6 Å². The van der Waals surface area contributed by atoms with Crippen LogP contribution in [-0.4, -0.2) is 24.5 Å². The zero-order chi connectivity index (χ0) is 22.2. The number of hydrogen-bond donors (Lipinski definition) is 2. The van der Waals surface area contributed by atoms with Gasteiger partial charge in [-0.15, -0.1) is 0 Å². The molecule has 0 fully saturated rings. The van der Waals surface area contributed by atoms with Crippen LogP contribution in [0.5, 0.6) is 5.75 Å². The molecule has 3 aromatic rings. The summed E-state index contributed by atoms with van der Waals surface area (Å²) in [6.45, 7) is 5.97. The van der Waals surface area contributed by atoms with Crippen molar-refractivity contribution in [1.82, 2.24) is 10.6 Å². The number of carbonyl (C=O) groups is 2. The van der Waals surface area contributed by atoms with E-state index in [1.807, 2.05) is 57.2 Å². The topological polar surface area (TPSA) is 80.6 Å². The molecule has 2 aromatic carbocycles. The molecule has 0 bridgehead atoms. The minimum absolute atomic E-state index is 0.0883. The van der Waals surface area contributed by atoms with Crippen molar-refractivity contribution in [3.05, 3.63) is 95.1 Å². The van der Waals surface area contributed by atoms with Gasteiger partial charge in [-0.2, -0.15) is 0 Å². The van der Waals surface area contributed by atoms with E-state index in [1.165, 1.54) is 12.3 Å². The van der Waals surface area contributed by atoms with Gasteiger partial charge in [0.05, 0.1) is 12.3 Å². The second kappa shape index (κ2) is 10.3. The van der Waals surface area contributed by atoms with E-state index in [4.69, 9.17) is 9.15 Å². The Hall–Kier alpha value is -3.80. The maximum atomic E-state index is 12.9. The molecule has 0 aliphatic rings. The molecule has 2 amide bonds. The molecule has 0 aliphatic heterocycles. The largest absolute Gasteiger partial charge is 0.491 e. The maximum absolute atomic E-state index is 12.9. The number of ether oxygens (including phenoxy) is 1. The van der Waals surface area contributed by atoms with Crippen LogP contribution in [0.2, 0.25) is 0 Å². The molecule has 0 aliphatic carbocycles. The Morgan fingerprint density at radius 1 is 1.03 bits per heavy atom. The first-order valence-corrected chi connectivity index (χ1v) is 10.0. The summed E-state index contributed by atoms with van der Waals surface area (Å²) in [6.07, 6.45) is 3.00. The van der Waals surface area contributed by atoms with Gasteiger partial charge in [0.25, 0.3) is 11.8 Å². The normalized spacial score (nSPS) is 12.2. The highest BCUT2D eigenvalue weighted by molar-refractivity contribution is 6.05. The van der Waals surface area contributed by atoms with Crippen molar-refractivity contribution in [2.75, 3.05) is 6.61 Å². The molecule has 1 aromatic heterocycles. The van der Waals surface area contributed by atoms with Crippen molar-refractivity contribution in [3.63, 3.8) is 0 Å². The Morgan fingerprint density at radius 2 is 1.77 bits per heavy atom. The van der Waals surface area contributed by atoms with Crippen molar-refractivity contribution in [2.45, 2.75) is 26.8 Å². The van der Waals surface area contributed by atoms with E-state index in [0.717, 1.165) is 16.9 Å². The summed E-state index contributed by atoms with van der Waals surface area (Å²) in [4.78, 5) is 25.6. The molecule has 1 atom stereocenters. The van der Waals surface area contributed by atoms with Crippen LogP contribution in [0.1, 0.15) is 34.2 Å². The van der Waals surface area contributed by atoms with Crippen LogP contribution < -0.4 is 15.4 Å². The van der Waals surface area contributed by atoms with Crippen LogP contribution in [0.3, 0.4) is 0 Å². The first-order chi connectivity index (χ1) is 14.9. The standard InChI is InChI=1S/C25H26N2O4/c1-17-10-12-20(13-11-17)31-16-19(3)26-25(29)23(15-21-8-6-14-30-21)27-24(28)22-9-5-4-7-18(22)2/h4-15,19H,16H2,1-3H3,(H,26,29)(H,27,28)/b23-15-. The number of carbonyl (C=O) groups excluding carboxylic acids is 2. The second-order valence-corrected chi connectivity index (χ2v) is 7.34. The van der Waals surface area contributed by atoms with Gasteiger partial charge in [-0.05, 0) is 56.7 Å². The highest BCUT2D eigenvalue weighted by atomic mass is 16.5. The van der Waals surface area contributed by atoms with Crippen molar-refractivity contribution in [3.8, 4) is 5.75 Å². The van der Waals surface area contributed by atoms with E-state index in [-0.39, 0.29) is 24.3 Å². The predicted molar refractivity (Wildman–Crippen MR) is 120 cm³/mol. The summed E-state index contributed by atoms with van der Waals surface area (Å²) < 4.78 is 11.0. The molecule has 6 heteroatoms. The molecule has 3 rings (SSSR count). The zero-order valence-electron chi connectivity index (χ0n) is 17.8. The van der Waals surface area contributed by atoms with Gasteiger partial charge >= 0.3 is 0 Å². The third kappa shape index (κ3) is 6.34. The molecule has 1 heterocycles. The molecule has 0 saturated carbocycles. The minimum Gasteiger partial charge on any atom is -0.491 e. The Kier molecular flexibility index (Phi) is 7.27. The average molecular weight is 418 g/mol. The van der Waals surface area contributed by atoms with Crippen LogP contribution in [0.25, 0.3) is 6.08 Å². The molecule has 160 valence electrons. The van der Waals surface area contributed by atoms with Gasteiger partial charge in [-0.25, -0.2) is 0 Å². The van der Waals surface area contributed by atoms with Crippen molar-refractivity contribution < 1.29 is 18.7 Å². The lowest BCUT2D eigenvalue weighted by Crippen LogP contribution is -2.41. The van der Waals surface area contributed by atoms with Crippen LogP contribution in [0.4, 0.5) is 0 Å². The van der Waals surface area contributed by atoms with E-state index in [1.54, 1.807) is 24.3 Å². The van der Waals surface area contributed by atoms with E-state index < -0.39 is 5.91 Å². The van der Waals surface area contributed by atoms with Gasteiger partial charge in [-0.3, -0.25) is 9.59 Å². The van der Waals surface area contributed by atoms with E-state index in [9.17, 15) is 9.59 Å². The quantitative estimate of drug-likeness (QED) is 0.536. The zero-order valence-corrected chi connectivity index (χ0v) is 17.8. The first kappa shape index (κ1) is 21.9. The highest BCUT2D eigenvalue weighted by Gasteiger charge is 2.18. The molecule has 31 heavy (non-hydrogen) atoms. The molecule has 0 radical (unpaired) electrons. The third-order valence-electron chi connectivity index (χ3n) is 4.61. The van der Waals surface area contributed by atoms with Crippen molar-refractivity contribution in [1.29, 1.82) is 0 Å². The molecule has 0 saturated heterocycles. The molecule has 0 spiro atoms. The lowest BCUT2D eigenvalue weighted by Gasteiger charge is -2.17. The van der Waals surface area contributed by atoms with Crippen LogP contribution in [-0.2, 0) is 4.79 Å². The number of nitrogens with one attached hydrogen (secondary N) is 2. The van der Waals surface area contributed by atoms with E-state index >= 15 is 0 Å². The molecule has 6 nitrogen and oxygen atoms in total. The lowest BCUT2D eigenvalue weighted by molar-refractivity contribution is -0.118. The maximum Gasteiger partial charge on any atom is 0.268 e. The van der Waals surface area contributed by atoms with Gasteiger partial charge in [0.15, 0.2) is 0 Å². The highest BCUT2D eigenvalue weighted by Crippen LogP contribution is 2.13. The van der Waals surface area contributed by atoms with Gasteiger partial charge in [-0.1, -0.05) is 35.9 Å². The minimum atomic E-state index is -0.432. The smallest absolute Gasteiger partial charge is 0.268 e. The van der Waals surface area contributed by atoms with Crippen LogP contribution in [0.15, 0.2) is 77.0 Å². The number of aryl methyl sites for hydroxylation is 2. The van der Waals surface area contributed by atoms with Gasteiger partial charge in [0, 0.05) is 11.6 Å². The third-order valence-corrected chi connectivity index (χ3v) is 4.61. The second-order valence-electron chi connectivity index (χ2n) is 7.34.